The molecular weight excluding hydrogens is 270 g/mol. The van der Waals surface area contributed by atoms with E-state index in [4.69, 9.17) is 9.52 Å². The lowest BCUT2D eigenvalue weighted by molar-refractivity contribution is -0.137. The molecule has 5 heteroatoms. The SMILES string of the molecule is Cc1ccc(/C=C/C(=O)N2CCCC(CCC(=O)O)C2)o1. The summed E-state index contributed by atoms with van der Waals surface area (Å²) in [7, 11) is 0. The van der Waals surface area contributed by atoms with Crippen molar-refractivity contribution in [2.75, 3.05) is 13.1 Å². The van der Waals surface area contributed by atoms with Gasteiger partial charge < -0.3 is 14.4 Å². The number of aryl methyl sites for hydroxylation is 1. The third kappa shape index (κ3) is 4.77. The predicted molar refractivity (Wildman–Crippen MR) is 78.7 cm³/mol. The average Bonchev–Trinajstić information content (AvgIpc) is 2.88. The number of likely N-dealkylation sites (tertiary alicyclic amines) is 1. The third-order valence-electron chi connectivity index (χ3n) is 3.75. The van der Waals surface area contributed by atoms with Gasteiger partial charge in [-0.05, 0) is 50.3 Å². The van der Waals surface area contributed by atoms with E-state index in [0.717, 1.165) is 25.1 Å². The number of hydrogen-bond acceptors (Lipinski definition) is 3. The van der Waals surface area contributed by atoms with E-state index >= 15 is 0 Å². The van der Waals surface area contributed by atoms with Crippen LogP contribution in [0.15, 0.2) is 22.6 Å². The van der Waals surface area contributed by atoms with Crippen LogP contribution in [0.3, 0.4) is 0 Å². The topological polar surface area (TPSA) is 70.8 Å². The molecule has 1 N–H and O–H groups in total. The monoisotopic (exact) mass is 291 g/mol. The van der Waals surface area contributed by atoms with Gasteiger partial charge in [-0.15, -0.1) is 0 Å². The van der Waals surface area contributed by atoms with Crippen LogP contribution in [0.2, 0.25) is 0 Å². The van der Waals surface area contributed by atoms with E-state index < -0.39 is 5.97 Å². The van der Waals surface area contributed by atoms with E-state index in [0.29, 0.717) is 18.7 Å². The van der Waals surface area contributed by atoms with E-state index in [2.05, 4.69) is 0 Å². The van der Waals surface area contributed by atoms with E-state index in [-0.39, 0.29) is 18.2 Å². The van der Waals surface area contributed by atoms with Crippen LogP contribution >= 0.6 is 0 Å². The van der Waals surface area contributed by atoms with Crippen molar-refractivity contribution in [3.63, 3.8) is 0 Å². The zero-order valence-corrected chi connectivity index (χ0v) is 12.2. The molecule has 1 amide bonds. The first-order valence-electron chi connectivity index (χ1n) is 7.30. The second-order valence-corrected chi connectivity index (χ2v) is 5.51. The molecule has 0 bridgehead atoms. The van der Waals surface area contributed by atoms with Gasteiger partial charge in [-0.25, -0.2) is 0 Å². The van der Waals surface area contributed by atoms with Crippen LogP contribution in [0.1, 0.15) is 37.2 Å². The Balaban J connectivity index is 1.86. The first kappa shape index (κ1) is 15.4. The number of carboxylic acids is 1. The highest BCUT2D eigenvalue weighted by atomic mass is 16.4. The van der Waals surface area contributed by atoms with Crippen LogP contribution < -0.4 is 0 Å². The predicted octanol–water partition coefficient (Wildman–Crippen LogP) is 2.70. The Labute approximate surface area is 124 Å². The molecule has 0 saturated carbocycles. The Bertz CT molecular complexity index is 532. The zero-order chi connectivity index (χ0) is 15.2. The van der Waals surface area contributed by atoms with E-state index in [1.54, 1.807) is 11.0 Å². The van der Waals surface area contributed by atoms with Gasteiger partial charge in [0.2, 0.25) is 5.91 Å². The highest BCUT2D eigenvalue weighted by Gasteiger charge is 2.22. The quantitative estimate of drug-likeness (QED) is 0.847. The molecular formula is C16H21NO4. The molecule has 21 heavy (non-hydrogen) atoms. The lowest BCUT2D eigenvalue weighted by atomic mass is 9.93. The normalized spacial score (nSPS) is 19.1. The van der Waals surface area contributed by atoms with Crippen molar-refractivity contribution in [3.05, 3.63) is 29.7 Å². The van der Waals surface area contributed by atoms with Crippen molar-refractivity contribution in [2.24, 2.45) is 5.92 Å². The Morgan fingerprint density at radius 3 is 2.95 bits per heavy atom. The minimum absolute atomic E-state index is 0.0379. The Morgan fingerprint density at radius 2 is 2.29 bits per heavy atom. The fourth-order valence-electron chi connectivity index (χ4n) is 2.63. The number of aliphatic carboxylic acids is 1. The average molecular weight is 291 g/mol. The molecule has 114 valence electrons. The smallest absolute Gasteiger partial charge is 0.303 e. The standard InChI is InChI=1S/C16H21NO4/c1-12-4-6-14(21-12)7-8-15(18)17-10-2-3-13(11-17)5-9-16(19)20/h4,6-8,13H,2-3,5,9-11H2,1H3,(H,19,20)/b8-7+. The Hall–Kier alpha value is -2.04. The number of carbonyl (C=O) groups is 2. The molecule has 1 saturated heterocycles. The molecule has 1 aliphatic heterocycles. The van der Waals surface area contributed by atoms with Crippen molar-refractivity contribution in [1.29, 1.82) is 0 Å². The molecule has 1 aromatic rings. The summed E-state index contributed by atoms with van der Waals surface area (Å²) >= 11 is 0. The van der Waals surface area contributed by atoms with Gasteiger partial charge in [0.15, 0.2) is 0 Å². The summed E-state index contributed by atoms with van der Waals surface area (Å²) in [6, 6.07) is 3.68. The maximum absolute atomic E-state index is 12.1. The number of rotatable bonds is 5. The third-order valence-corrected chi connectivity index (χ3v) is 3.75. The molecule has 2 heterocycles. The Morgan fingerprint density at radius 1 is 1.48 bits per heavy atom. The molecule has 1 atom stereocenters. The summed E-state index contributed by atoms with van der Waals surface area (Å²) in [6.07, 6.45) is 5.95. The second kappa shape index (κ2) is 7.11. The molecule has 1 aliphatic rings. The number of hydrogen-bond donors (Lipinski definition) is 1. The van der Waals surface area contributed by atoms with Gasteiger partial charge in [0.1, 0.15) is 11.5 Å². The second-order valence-electron chi connectivity index (χ2n) is 5.51. The van der Waals surface area contributed by atoms with Crippen molar-refractivity contribution in [3.8, 4) is 0 Å². The van der Waals surface area contributed by atoms with E-state index in [9.17, 15) is 9.59 Å². The molecule has 1 fully saturated rings. The number of piperidine rings is 1. The zero-order valence-electron chi connectivity index (χ0n) is 12.2. The van der Waals surface area contributed by atoms with E-state index in [1.807, 2.05) is 19.1 Å². The molecule has 2 rings (SSSR count). The van der Waals surface area contributed by atoms with Crippen LogP contribution in [0, 0.1) is 12.8 Å². The van der Waals surface area contributed by atoms with Crippen molar-refractivity contribution < 1.29 is 19.1 Å². The van der Waals surface area contributed by atoms with E-state index in [1.165, 1.54) is 6.08 Å². The Kier molecular flexibility index (Phi) is 5.20. The number of furan rings is 1. The summed E-state index contributed by atoms with van der Waals surface area (Å²) in [4.78, 5) is 24.6. The first-order valence-corrected chi connectivity index (χ1v) is 7.30. The lowest BCUT2D eigenvalue weighted by Crippen LogP contribution is -2.39. The highest BCUT2D eigenvalue weighted by molar-refractivity contribution is 5.91. The number of carboxylic acid groups (broad SMARTS) is 1. The van der Waals surface area contributed by atoms with Gasteiger partial charge in [0, 0.05) is 25.6 Å². The van der Waals surface area contributed by atoms with Crippen LogP contribution in [-0.4, -0.2) is 35.0 Å². The van der Waals surface area contributed by atoms with Gasteiger partial charge >= 0.3 is 5.97 Å². The number of nitrogens with zero attached hydrogens (tertiary/aromatic N) is 1. The van der Waals surface area contributed by atoms with Gasteiger partial charge in [-0.3, -0.25) is 9.59 Å². The molecule has 0 aromatic carbocycles. The molecule has 1 aromatic heterocycles. The lowest BCUT2D eigenvalue weighted by Gasteiger charge is -2.31. The number of carbonyl (C=O) groups excluding carboxylic acids is 1. The van der Waals surface area contributed by atoms with Crippen LogP contribution in [-0.2, 0) is 9.59 Å². The summed E-state index contributed by atoms with van der Waals surface area (Å²) in [5.74, 6) is 0.961. The molecule has 0 radical (unpaired) electrons. The summed E-state index contributed by atoms with van der Waals surface area (Å²) in [6.45, 7) is 3.24. The molecule has 1 unspecified atom stereocenters. The maximum Gasteiger partial charge on any atom is 0.303 e. The largest absolute Gasteiger partial charge is 0.481 e. The minimum atomic E-state index is -0.772. The van der Waals surface area contributed by atoms with Crippen molar-refractivity contribution in [2.45, 2.75) is 32.6 Å². The summed E-state index contributed by atoms with van der Waals surface area (Å²) in [5, 5.41) is 8.73. The van der Waals surface area contributed by atoms with Crippen molar-refractivity contribution in [1.82, 2.24) is 4.90 Å². The summed E-state index contributed by atoms with van der Waals surface area (Å²) < 4.78 is 5.38. The van der Waals surface area contributed by atoms with Gasteiger partial charge in [0.25, 0.3) is 0 Å². The van der Waals surface area contributed by atoms with Gasteiger partial charge in [0.05, 0.1) is 0 Å². The van der Waals surface area contributed by atoms with Crippen LogP contribution in [0.4, 0.5) is 0 Å². The molecule has 0 spiro atoms. The van der Waals surface area contributed by atoms with Crippen LogP contribution in [0.25, 0.3) is 6.08 Å². The summed E-state index contributed by atoms with van der Waals surface area (Å²) in [5.41, 5.74) is 0. The molecule has 0 aliphatic carbocycles. The first-order chi connectivity index (χ1) is 10.0. The van der Waals surface area contributed by atoms with Crippen LogP contribution in [0.5, 0.6) is 0 Å². The fourth-order valence-corrected chi connectivity index (χ4v) is 2.63. The fraction of sp³-hybridized carbons (Fsp3) is 0.500. The van der Waals surface area contributed by atoms with Crippen molar-refractivity contribution >= 4 is 18.0 Å². The highest BCUT2D eigenvalue weighted by Crippen LogP contribution is 2.21. The van der Waals surface area contributed by atoms with Gasteiger partial charge in [-0.1, -0.05) is 0 Å². The maximum atomic E-state index is 12.1. The molecule has 5 nitrogen and oxygen atoms in total. The minimum Gasteiger partial charge on any atom is -0.481 e. The number of amides is 1. The van der Waals surface area contributed by atoms with Gasteiger partial charge in [-0.2, -0.15) is 0 Å².